The Kier molecular flexibility index (Phi) is 2.84. The molecule has 0 bridgehead atoms. The van der Waals surface area contributed by atoms with E-state index >= 15 is 0 Å². The molecule has 0 amide bonds. The lowest BCUT2D eigenvalue weighted by Gasteiger charge is -2.24. The fraction of sp³-hybridized carbons (Fsp3) is 0.700. The fourth-order valence-electron chi connectivity index (χ4n) is 2.03. The topological polar surface area (TPSA) is 39.1 Å². The molecule has 0 aromatic carbocycles. The summed E-state index contributed by atoms with van der Waals surface area (Å²) in [6.45, 7) is 5.53. The summed E-state index contributed by atoms with van der Waals surface area (Å²) in [4.78, 5) is 0. The third kappa shape index (κ3) is 1.67. The Morgan fingerprint density at radius 2 is 2.57 bits per heavy atom. The van der Waals surface area contributed by atoms with Crippen molar-refractivity contribution in [2.24, 2.45) is 7.05 Å². The first-order valence-electron chi connectivity index (χ1n) is 5.12. The average Bonchev–Trinajstić information content (AvgIpc) is 2.58. The highest BCUT2D eigenvalue weighted by Gasteiger charge is 2.23. The summed E-state index contributed by atoms with van der Waals surface area (Å²) in [6, 6.07) is 0. The van der Waals surface area contributed by atoms with E-state index in [1.54, 1.807) is 0 Å². The second kappa shape index (κ2) is 4.11. The molecular formula is C10H17N3O. The SMILES string of the molecule is CCOCC1CNCc2cnn(C)c21. The molecule has 0 fully saturated rings. The van der Waals surface area contributed by atoms with Crippen LogP contribution in [-0.2, 0) is 18.3 Å². The maximum atomic E-state index is 5.47. The normalized spacial score (nSPS) is 20.9. The van der Waals surface area contributed by atoms with Gasteiger partial charge in [-0.05, 0) is 6.92 Å². The van der Waals surface area contributed by atoms with Gasteiger partial charge < -0.3 is 10.1 Å². The minimum atomic E-state index is 0.450. The minimum absolute atomic E-state index is 0.450. The number of rotatable bonds is 3. The number of hydrogen-bond acceptors (Lipinski definition) is 3. The molecule has 4 nitrogen and oxygen atoms in total. The van der Waals surface area contributed by atoms with Crippen molar-refractivity contribution in [3.8, 4) is 0 Å². The van der Waals surface area contributed by atoms with Crippen LogP contribution in [0.25, 0.3) is 0 Å². The third-order valence-corrected chi connectivity index (χ3v) is 2.68. The maximum absolute atomic E-state index is 5.47. The van der Waals surface area contributed by atoms with Crippen LogP contribution in [0.1, 0.15) is 24.1 Å². The second-order valence-electron chi connectivity index (χ2n) is 3.67. The highest BCUT2D eigenvalue weighted by molar-refractivity contribution is 5.24. The molecule has 1 aliphatic rings. The Bertz CT molecular complexity index is 308. The Hall–Kier alpha value is -0.870. The first-order valence-corrected chi connectivity index (χ1v) is 5.12. The molecule has 1 aromatic rings. The molecule has 14 heavy (non-hydrogen) atoms. The molecule has 4 heteroatoms. The zero-order chi connectivity index (χ0) is 9.97. The Morgan fingerprint density at radius 1 is 1.71 bits per heavy atom. The second-order valence-corrected chi connectivity index (χ2v) is 3.67. The first kappa shape index (κ1) is 9.68. The van der Waals surface area contributed by atoms with Gasteiger partial charge in [0.2, 0.25) is 0 Å². The van der Waals surface area contributed by atoms with E-state index < -0.39 is 0 Å². The van der Waals surface area contributed by atoms with Gasteiger partial charge in [0.1, 0.15) is 0 Å². The van der Waals surface area contributed by atoms with Crippen molar-refractivity contribution in [3.63, 3.8) is 0 Å². The van der Waals surface area contributed by atoms with Gasteiger partial charge in [-0.25, -0.2) is 0 Å². The summed E-state index contributed by atoms with van der Waals surface area (Å²) in [6.07, 6.45) is 1.94. The van der Waals surface area contributed by atoms with Crippen molar-refractivity contribution >= 4 is 0 Å². The molecule has 2 rings (SSSR count). The van der Waals surface area contributed by atoms with Gasteiger partial charge in [0.25, 0.3) is 0 Å². The molecule has 0 spiro atoms. The molecule has 0 saturated heterocycles. The lowest BCUT2D eigenvalue weighted by molar-refractivity contribution is 0.127. The Labute approximate surface area is 84.3 Å². The largest absolute Gasteiger partial charge is 0.381 e. The van der Waals surface area contributed by atoms with Crippen LogP contribution in [0, 0.1) is 0 Å². The van der Waals surface area contributed by atoms with Crippen LogP contribution in [0.4, 0.5) is 0 Å². The van der Waals surface area contributed by atoms with Crippen molar-refractivity contribution in [2.75, 3.05) is 19.8 Å². The van der Waals surface area contributed by atoms with Crippen LogP contribution in [0.3, 0.4) is 0 Å². The number of aryl methyl sites for hydroxylation is 1. The molecule has 78 valence electrons. The quantitative estimate of drug-likeness (QED) is 0.769. The fourth-order valence-corrected chi connectivity index (χ4v) is 2.03. The zero-order valence-electron chi connectivity index (χ0n) is 8.79. The molecular weight excluding hydrogens is 178 g/mol. The highest BCUT2D eigenvalue weighted by Crippen LogP contribution is 2.23. The molecule has 1 unspecified atom stereocenters. The number of nitrogens with one attached hydrogen (secondary N) is 1. The summed E-state index contributed by atoms with van der Waals surface area (Å²) in [5.74, 6) is 0.450. The van der Waals surface area contributed by atoms with Crippen LogP contribution >= 0.6 is 0 Å². The van der Waals surface area contributed by atoms with Gasteiger partial charge >= 0.3 is 0 Å². The van der Waals surface area contributed by atoms with E-state index in [0.717, 1.165) is 26.3 Å². The number of nitrogens with zero attached hydrogens (tertiary/aromatic N) is 2. The molecule has 0 saturated carbocycles. The van der Waals surface area contributed by atoms with E-state index in [4.69, 9.17) is 4.74 Å². The van der Waals surface area contributed by atoms with Gasteiger partial charge in [0.15, 0.2) is 0 Å². The van der Waals surface area contributed by atoms with Gasteiger partial charge in [-0.1, -0.05) is 0 Å². The molecule has 1 atom stereocenters. The van der Waals surface area contributed by atoms with E-state index in [1.807, 2.05) is 24.9 Å². The monoisotopic (exact) mass is 195 g/mol. The first-order chi connectivity index (χ1) is 6.83. The van der Waals surface area contributed by atoms with Crippen molar-refractivity contribution < 1.29 is 4.74 Å². The van der Waals surface area contributed by atoms with Crippen molar-refractivity contribution in [1.82, 2.24) is 15.1 Å². The van der Waals surface area contributed by atoms with Crippen LogP contribution < -0.4 is 5.32 Å². The molecule has 1 aliphatic heterocycles. The summed E-state index contributed by atoms with van der Waals surface area (Å²) < 4.78 is 7.45. The number of ether oxygens (including phenoxy) is 1. The molecule has 2 heterocycles. The van der Waals surface area contributed by atoms with E-state index in [2.05, 4.69) is 10.4 Å². The third-order valence-electron chi connectivity index (χ3n) is 2.68. The summed E-state index contributed by atoms with van der Waals surface area (Å²) in [5, 5.41) is 7.66. The minimum Gasteiger partial charge on any atom is -0.381 e. The molecule has 1 N–H and O–H groups in total. The predicted molar refractivity (Wildman–Crippen MR) is 54.1 cm³/mol. The van der Waals surface area contributed by atoms with E-state index in [-0.39, 0.29) is 0 Å². The highest BCUT2D eigenvalue weighted by atomic mass is 16.5. The van der Waals surface area contributed by atoms with E-state index in [9.17, 15) is 0 Å². The van der Waals surface area contributed by atoms with Gasteiger partial charge in [-0.3, -0.25) is 4.68 Å². The van der Waals surface area contributed by atoms with Crippen molar-refractivity contribution in [3.05, 3.63) is 17.5 Å². The number of aromatic nitrogens is 2. The van der Waals surface area contributed by atoms with Gasteiger partial charge in [0.05, 0.1) is 12.8 Å². The number of hydrogen-bond donors (Lipinski definition) is 1. The average molecular weight is 195 g/mol. The standard InChI is InChI=1S/C10H17N3O/c1-3-14-7-9-5-11-4-8-6-12-13(2)10(8)9/h6,9,11H,3-5,7H2,1-2H3. The lowest BCUT2D eigenvalue weighted by atomic mass is 9.99. The molecule has 0 radical (unpaired) electrons. The zero-order valence-corrected chi connectivity index (χ0v) is 8.79. The Morgan fingerprint density at radius 3 is 3.36 bits per heavy atom. The van der Waals surface area contributed by atoms with Gasteiger partial charge in [-0.2, -0.15) is 5.10 Å². The molecule has 0 aliphatic carbocycles. The van der Waals surface area contributed by atoms with Crippen molar-refractivity contribution in [1.29, 1.82) is 0 Å². The summed E-state index contributed by atoms with van der Waals surface area (Å²) >= 11 is 0. The Balaban J connectivity index is 2.16. The summed E-state index contributed by atoms with van der Waals surface area (Å²) in [7, 11) is 2.00. The van der Waals surface area contributed by atoms with Gasteiger partial charge in [-0.15, -0.1) is 0 Å². The van der Waals surface area contributed by atoms with Crippen LogP contribution in [-0.4, -0.2) is 29.5 Å². The van der Waals surface area contributed by atoms with Crippen LogP contribution in [0.15, 0.2) is 6.20 Å². The summed E-state index contributed by atoms with van der Waals surface area (Å²) in [5.41, 5.74) is 2.64. The lowest BCUT2D eigenvalue weighted by Crippen LogP contribution is -2.31. The number of fused-ring (bicyclic) bond motifs is 1. The molecule has 1 aromatic heterocycles. The predicted octanol–water partition coefficient (Wildman–Crippen LogP) is 0.643. The van der Waals surface area contributed by atoms with Gasteiger partial charge in [0, 0.05) is 43.9 Å². The van der Waals surface area contributed by atoms with E-state index in [1.165, 1.54) is 11.3 Å². The van der Waals surface area contributed by atoms with Crippen LogP contribution in [0.5, 0.6) is 0 Å². The van der Waals surface area contributed by atoms with Crippen LogP contribution in [0.2, 0.25) is 0 Å². The van der Waals surface area contributed by atoms with Crippen molar-refractivity contribution in [2.45, 2.75) is 19.4 Å². The smallest absolute Gasteiger partial charge is 0.0562 e. The maximum Gasteiger partial charge on any atom is 0.0562 e. The van der Waals surface area contributed by atoms with E-state index in [0.29, 0.717) is 5.92 Å².